The molecule has 8 heteroatoms. The van der Waals surface area contributed by atoms with Crippen LogP contribution in [-0.2, 0) is 6.61 Å². The molecule has 0 atom stereocenters. The zero-order valence-corrected chi connectivity index (χ0v) is 12.8. The molecule has 3 aromatic rings. The van der Waals surface area contributed by atoms with Crippen molar-refractivity contribution in [1.82, 2.24) is 4.98 Å². The van der Waals surface area contributed by atoms with E-state index in [1.54, 1.807) is 5.38 Å². The maximum atomic E-state index is 13.2. The molecule has 0 aliphatic rings. The largest absolute Gasteiger partial charge is 0.480 e. The number of ether oxygens (including phenoxy) is 1. The SMILES string of the molecule is Cc1ccc(-c2nc(COc3cc(F)ccc3[N+](=O)[O-])cs2)o1. The first-order chi connectivity index (χ1) is 11.0. The van der Waals surface area contributed by atoms with E-state index in [9.17, 15) is 14.5 Å². The van der Waals surface area contributed by atoms with Crippen molar-refractivity contribution >= 4 is 17.0 Å². The first kappa shape index (κ1) is 15.2. The number of aromatic nitrogens is 1. The first-order valence-corrected chi connectivity index (χ1v) is 7.49. The molecule has 2 heterocycles. The molecule has 0 spiro atoms. The summed E-state index contributed by atoms with van der Waals surface area (Å²) in [6, 6.07) is 6.73. The molecule has 1 aromatic carbocycles. The monoisotopic (exact) mass is 334 g/mol. The predicted octanol–water partition coefficient (Wildman–Crippen LogP) is 4.34. The van der Waals surface area contributed by atoms with Crippen LogP contribution in [-0.4, -0.2) is 9.91 Å². The lowest BCUT2D eigenvalue weighted by molar-refractivity contribution is -0.386. The van der Waals surface area contributed by atoms with E-state index in [0.717, 1.165) is 24.0 Å². The lowest BCUT2D eigenvalue weighted by Crippen LogP contribution is -2.00. The Kier molecular flexibility index (Phi) is 4.07. The van der Waals surface area contributed by atoms with E-state index in [2.05, 4.69) is 4.98 Å². The van der Waals surface area contributed by atoms with Gasteiger partial charge in [-0.25, -0.2) is 9.37 Å². The second kappa shape index (κ2) is 6.17. The maximum absolute atomic E-state index is 13.2. The number of rotatable bonds is 5. The topological polar surface area (TPSA) is 78.4 Å². The van der Waals surface area contributed by atoms with E-state index in [-0.39, 0.29) is 18.0 Å². The number of thiazole rings is 1. The van der Waals surface area contributed by atoms with Crippen LogP contribution in [0.25, 0.3) is 10.8 Å². The second-order valence-corrected chi connectivity index (χ2v) is 5.57. The number of hydrogen-bond acceptors (Lipinski definition) is 6. The van der Waals surface area contributed by atoms with Crippen molar-refractivity contribution < 1.29 is 18.5 Å². The molecule has 0 aliphatic heterocycles. The quantitative estimate of drug-likeness (QED) is 0.512. The molecule has 118 valence electrons. The van der Waals surface area contributed by atoms with Crippen LogP contribution in [0.3, 0.4) is 0 Å². The normalized spacial score (nSPS) is 10.7. The molecule has 0 bridgehead atoms. The fourth-order valence-electron chi connectivity index (χ4n) is 1.94. The molecule has 0 aliphatic carbocycles. The average molecular weight is 334 g/mol. The summed E-state index contributed by atoms with van der Waals surface area (Å²) >= 11 is 1.37. The van der Waals surface area contributed by atoms with Gasteiger partial charge in [-0.15, -0.1) is 11.3 Å². The molecule has 0 saturated heterocycles. The van der Waals surface area contributed by atoms with Gasteiger partial charge >= 0.3 is 5.69 Å². The van der Waals surface area contributed by atoms with E-state index in [1.807, 2.05) is 19.1 Å². The van der Waals surface area contributed by atoms with Crippen molar-refractivity contribution in [2.75, 3.05) is 0 Å². The van der Waals surface area contributed by atoms with E-state index >= 15 is 0 Å². The number of benzene rings is 1. The number of furan rings is 1. The summed E-state index contributed by atoms with van der Waals surface area (Å²) in [6.07, 6.45) is 0. The van der Waals surface area contributed by atoms with Gasteiger partial charge in [0.25, 0.3) is 0 Å². The average Bonchev–Trinajstić information content (AvgIpc) is 3.13. The summed E-state index contributed by atoms with van der Waals surface area (Å²) in [7, 11) is 0. The van der Waals surface area contributed by atoms with Crippen LogP contribution in [0.15, 0.2) is 40.1 Å². The molecular formula is C15H11FN2O4S. The third-order valence-corrected chi connectivity index (χ3v) is 3.90. The van der Waals surface area contributed by atoms with Crippen molar-refractivity contribution in [2.45, 2.75) is 13.5 Å². The van der Waals surface area contributed by atoms with Gasteiger partial charge in [0.2, 0.25) is 0 Å². The van der Waals surface area contributed by atoms with Crippen LogP contribution in [0.2, 0.25) is 0 Å². The third kappa shape index (κ3) is 3.37. The Labute approximate surface area is 134 Å². The highest BCUT2D eigenvalue weighted by molar-refractivity contribution is 7.13. The van der Waals surface area contributed by atoms with Crippen LogP contribution in [0, 0.1) is 22.9 Å². The molecule has 0 amide bonds. The van der Waals surface area contributed by atoms with E-state index in [1.165, 1.54) is 11.3 Å². The Bertz CT molecular complexity index is 859. The molecule has 0 saturated carbocycles. The number of nitro groups is 1. The molecule has 0 N–H and O–H groups in total. The highest BCUT2D eigenvalue weighted by Gasteiger charge is 2.17. The summed E-state index contributed by atoms with van der Waals surface area (Å²) in [4.78, 5) is 14.6. The van der Waals surface area contributed by atoms with E-state index in [4.69, 9.17) is 9.15 Å². The standard InChI is InChI=1S/C15H11FN2O4S/c1-9-2-5-13(22-9)15-17-11(8-23-15)7-21-14-6-10(16)3-4-12(14)18(19)20/h2-6,8H,7H2,1H3. The smallest absolute Gasteiger partial charge is 0.311 e. The second-order valence-electron chi connectivity index (χ2n) is 4.71. The lowest BCUT2D eigenvalue weighted by Gasteiger charge is -2.05. The maximum Gasteiger partial charge on any atom is 0.311 e. The zero-order chi connectivity index (χ0) is 16.4. The van der Waals surface area contributed by atoms with Crippen LogP contribution < -0.4 is 4.74 Å². The van der Waals surface area contributed by atoms with Gasteiger partial charge in [-0.1, -0.05) is 0 Å². The van der Waals surface area contributed by atoms with Crippen molar-refractivity contribution in [2.24, 2.45) is 0 Å². The number of hydrogen-bond donors (Lipinski definition) is 0. The fourth-order valence-corrected chi connectivity index (χ4v) is 2.71. The van der Waals surface area contributed by atoms with Gasteiger partial charge in [-0.3, -0.25) is 10.1 Å². The number of nitro benzene ring substituents is 1. The van der Waals surface area contributed by atoms with Crippen molar-refractivity contribution in [3.8, 4) is 16.5 Å². The molecule has 0 radical (unpaired) electrons. The zero-order valence-electron chi connectivity index (χ0n) is 12.0. The first-order valence-electron chi connectivity index (χ1n) is 6.61. The van der Waals surface area contributed by atoms with Crippen molar-refractivity contribution in [3.05, 3.63) is 63.1 Å². The Morgan fingerprint density at radius 1 is 1.39 bits per heavy atom. The summed E-state index contributed by atoms with van der Waals surface area (Å²) in [5.74, 6) is 0.702. The Balaban J connectivity index is 1.75. The van der Waals surface area contributed by atoms with E-state index < -0.39 is 10.7 Å². The summed E-state index contributed by atoms with van der Waals surface area (Å²) in [6.45, 7) is 1.84. The van der Waals surface area contributed by atoms with Crippen LogP contribution >= 0.6 is 11.3 Å². The minimum atomic E-state index is -0.618. The highest BCUT2D eigenvalue weighted by Crippen LogP contribution is 2.29. The molecule has 3 rings (SSSR count). The number of halogens is 1. The molecular weight excluding hydrogens is 323 g/mol. The molecule has 0 unspecified atom stereocenters. The Hall–Kier alpha value is -2.74. The molecule has 0 fully saturated rings. The van der Waals surface area contributed by atoms with Gasteiger partial charge in [0.05, 0.1) is 10.6 Å². The van der Waals surface area contributed by atoms with Gasteiger partial charge in [0.1, 0.15) is 18.2 Å². The van der Waals surface area contributed by atoms with Crippen LogP contribution in [0.1, 0.15) is 11.5 Å². The lowest BCUT2D eigenvalue weighted by atomic mass is 10.3. The Morgan fingerprint density at radius 3 is 2.91 bits per heavy atom. The van der Waals surface area contributed by atoms with Gasteiger partial charge in [0.15, 0.2) is 16.5 Å². The van der Waals surface area contributed by atoms with Crippen molar-refractivity contribution in [3.63, 3.8) is 0 Å². The highest BCUT2D eigenvalue weighted by atomic mass is 32.1. The summed E-state index contributed by atoms with van der Waals surface area (Å²) in [5.41, 5.74) is 0.293. The summed E-state index contributed by atoms with van der Waals surface area (Å²) < 4.78 is 24.1. The number of nitrogens with zero attached hydrogens (tertiary/aromatic N) is 2. The van der Waals surface area contributed by atoms with Gasteiger partial charge in [-0.05, 0) is 25.1 Å². The fraction of sp³-hybridized carbons (Fsp3) is 0.133. The van der Waals surface area contributed by atoms with Gasteiger partial charge in [-0.2, -0.15) is 0 Å². The third-order valence-electron chi connectivity index (χ3n) is 3.00. The summed E-state index contributed by atoms with van der Waals surface area (Å²) in [5, 5.41) is 13.4. The molecule has 6 nitrogen and oxygen atoms in total. The van der Waals surface area contributed by atoms with Gasteiger partial charge < -0.3 is 9.15 Å². The predicted molar refractivity (Wildman–Crippen MR) is 81.9 cm³/mol. The van der Waals surface area contributed by atoms with Crippen molar-refractivity contribution in [1.29, 1.82) is 0 Å². The van der Waals surface area contributed by atoms with E-state index in [0.29, 0.717) is 16.5 Å². The number of aryl methyl sites for hydroxylation is 1. The van der Waals surface area contributed by atoms with Crippen LogP contribution in [0.5, 0.6) is 5.75 Å². The minimum Gasteiger partial charge on any atom is -0.480 e. The molecule has 23 heavy (non-hydrogen) atoms. The van der Waals surface area contributed by atoms with Gasteiger partial charge in [0, 0.05) is 17.5 Å². The van der Waals surface area contributed by atoms with Crippen LogP contribution in [0.4, 0.5) is 10.1 Å². The Morgan fingerprint density at radius 2 is 2.22 bits per heavy atom. The molecule has 2 aromatic heterocycles. The minimum absolute atomic E-state index is 0.000480.